The Hall–Kier alpha value is -5.86. The first-order valence-corrected chi connectivity index (χ1v) is 15.9. The summed E-state index contributed by atoms with van der Waals surface area (Å²) in [5.41, 5.74) is 14.5. The van der Waals surface area contributed by atoms with E-state index in [0.29, 0.717) is 0 Å². The Balaban J connectivity index is 1.29. The summed E-state index contributed by atoms with van der Waals surface area (Å²) in [7, 11) is 0. The average molecular weight is 591 g/mol. The predicted octanol–water partition coefficient (Wildman–Crippen LogP) is 11.7. The molecule has 220 valence electrons. The van der Waals surface area contributed by atoms with Gasteiger partial charge in [-0.15, -0.1) is 0 Å². The zero-order chi connectivity index (χ0) is 31.0. The van der Waals surface area contributed by atoms with Crippen LogP contribution in [0.2, 0.25) is 0 Å². The third-order valence-electron chi connectivity index (χ3n) is 9.20. The minimum atomic E-state index is 0.874. The number of allylic oxidation sites excluding steroid dienone is 5. The third kappa shape index (κ3) is 4.76. The molecular weight excluding hydrogens is 556 g/mol. The first kappa shape index (κ1) is 27.7. The van der Waals surface area contributed by atoms with Gasteiger partial charge in [-0.25, -0.2) is 0 Å². The Morgan fingerprint density at radius 2 is 1.30 bits per heavy atom. The maximum Gasteiger partial charge on any atom is 0.0541 e. The molecule has 2 nitrogen and oxygen atoms in total. The van der Waals surface area contributed by atoms with Gasteiger partial charge in [0.05, 0.1) is 11.0 Å². The zero-order valence-electron chi connectivity index (χ0n) is 25.9. The minimum absolute atomic E-state index is 0.874. The first-order chi connectivity index (χ1) is 22.7. The lowest BCUT2D eigenvalue weighted by molar-refractivity contribution is 1.01. The van der Waals surface area contributed by atoms with E-state index in [1.807, 2.05) is 6.08 Å². The van der Waals surface area contributed by atoms with Crippen LogP contribution < -0.4 is 4.90 Å². The Morgan fingerprint density at radius 3 is 2.13 bits per heavy atom. The second-order valence-electron chi connectivity index (χ2n) is 11.9. The highest BCUT2D eigenvalue weighted by Gasteiger charge is 2.24. The molecule has 7 aromatic rings. The summed E-state index contributed by atoms with van der Waals surface area (Å²) in [5, 5.41) is 2.51. The molecule has 0 saturated heterocycles. The lowest BCUT2D eigenvalue weighted by Gasteiger charge is -2.34. The monoisotopic (exact) mass is 590 g/mol. The van der Waals surface area contributed by atoms with Gasteiger partial charge in [0.2, 0.25) is 0 Å². The number of fused-ring (bicyclic) bond motifs is 4. The lowest BCUT2D eigenvalue weighted by Crippen LogP contribution is -2.22. The Kier molecular flexibility index (Phi) is 6.96. The highest BCUT2D eigenvalue weighted by atomic mass is 15.2. The summed E-state index contributed by atoms with van der Waals surface area (Å²) in [5.74, 6) is 0. The van der Waals surface area contributed by atoms with Crippen LogP contribution in [0.1, 0.15) is 18.1 Å². The highest BCUT2D eigenvalue weighted by molar-refractivity contribution is 6.10. The first-order valence-electron chi connectivity index (χ1n) is 15.9. The molecule has 2 heterocycles. The highest BCUT2D eigenvalue weighted by Crippen LogP contribution is 2.42. The second-order valence-corrected chi connectivity index (χ2v) is 11.9. The van der Waals surface area contributed by atoms with E-state index in [4.69, 9.17) is 0 Å². The molecule has 0 saturated carbocycles. The van der Waals surface area contributed by atoms with Crippen LogP contribution in [0.4, 0.5) is 11.4 Å². The molecule has 0 N–H and O–H groups in total. The van der Waals surface area contributed by atoms with Crippen molar-refractivity contribution in [3.63, 3.8) is 0 Å². The van der Waals surface area contributed by atoms with E-state index < -0.39 is 0 Å². The third-order valence-corrected chi connectivity index (χ3v) is 9.20. The Bertz CT molecular complexity index is 2300. The van der Waals surface area contributed by atoms with Gasteiger partial charge < -0.3 is 9.47 Å². The number of para-hydroxylation sites is 2. The molecule has 0 atom stereocenters. The van der Waals surface area contributed by atoms with E-state index in [2.05, 4.69) is 181 Å². The molecular formula is C44H34N2. The summed E-state index contributed by atoms with van der Waals surface area (Å²) >= 11 is 0. The van der Waals surface area contributed by atoms with Crippen molar-refractivity contribution >= 4 is 38.8 Å². The van der Waals surface area contributed by atoms with Crippen molar-refractivity contribution in [3.8, 4) is 16.8 Å². The van der Waals surface area contributed by atoms with Crippen molar-refractivity contribution in [1.29, 1.82) is 0 Å². The molecule has 0 unspecified atom stereocenters. The van der Waals surface area contributed by atoms with Crippen LogP contribution in [-0.2, 0) is 6.42 Å². The van der Waals surface area contributed by atoms with Crippen LogP contribution in [0, 0.1) is 0 Å². The molecule has 2 heteroatoms. The maximum atomic E-state index is 4.15. The summed E-state index contributed by atoms with van der Waals surface area (Å²) < 4.78 is 2.41. The number of anilines is 2. The summed E-state index contributed by atoms with van der Waals surface area (Å²) in [4.78, 5) is 2.42. The fraction of sp³-hybridized carbons (Fsp3) is 0.0455. The van der Waals surface area contributed by atoms with Gasteiger partial charge in [-0.1, -0.05) is 122 Å². The van der Waals surface area contributed by atoms with Gasteiger partial charge in [0, 0.05) is 40.0 Å². The molecule has 8 rings (SSSR count). The van der Waals surface area contributed by atoms with E-state index >= 15 is 0 Å². The van der Waals surface area contributed by atoms with E-state index in [-0.39, 0.29) is 0 Å². The Labute approximate surface area is 270 Å². The van der Waals surface area contributed by atoms with E-state index in [9.17, 15) is 0 Å². The lowest BCUT2D eigenvalue weighted by atomic mass is 9.92. The molecule has 1 aromatic heterocycles. The standard InChI is InChI=1S/C44H34N2/c1-3-32(33-15-6-4-7-16-33)27-37-28-36-19-10-12-23-42(36)45(31(37)2)38-20-14-21-39(30-38)46-43-24-13-11-22-40(43)41-29-35(25-26-44(41)46)34-17-8-5-9-18-34/h3-27,29-30H,1,28H2,2H3/b32-27+. The van der Waals surface area contributed by atoms with E-state index in [1.165, 1.54) is 61.0 Å². The van der Waals surface area contributed by atoms with Crippen LogP contribution in [0.3, 0.4) is 0 Å². The van der Waals surface area contributed by atoms with Crippen LogP contribution >= 0.6 is 0 Å². The van der Waals surface area contributed by atoms with Crippen molar-refractivity contribution in [3.05, 3.63) is 193 Å². The van der Waals surface area contributed by atoms with E-state index in [1.54, 1.807) is 0 Å². The molecule has 6 aromatic carbocycles. The van der Waals surface area contributed by atoms with Crippen LogP contribution in [0.15, 0.2) is 182 Å². The SMILES string of the molecule is C=C/C(=C\C1=C(C)N(c2cccc(-n3c4ccccc4c4cc(-c5ccccc5)ccc43)c2)c2ccccc2C1)c1ccccc1. The number of nitrogens with zero attached hydrogens (tertiary/aromatic N) is 2. The number of aromatic nitrogens is 1. The normalized spacial score (nSPS) is 13.3. The summed E-state index contributed by atoms with van der Waals surface area (Å²) in [6, 6.07) is 54.5. The topological polar surface area (TPSA) is 8.17 Å². The largest absolute Gasteiger partial charge is 0.314 e. The molecule has 0 radical (unpaired) electrons. The summed E-state index contributed by atoms with van der Waals surface area (Å²) in [6.07, 6.45) is 5.15. The molecule has 0 amide bonds. The van der Waals surface area contributed by atoms with Crippen molar-refractivity contribution in [1.82, 2.24) is 4.57 Å². The van der Waals surface area contributed by atoms with Crippen LogP contribution in [0.25, 0.3) is 44.2 Å². The smallest absolute Gasteiger partial charge is 0.0541 e. The van der Waals surface area contributed by atoms with Crippen LogP contribution in [-0.4, -0.2) is 4.57 Å². The molecule has 46 heavy (non-hydrogen) atoms. The van der Waals surface area contributed by atoms with Gasteiger partial charge in [0.15, 0.2) is 0 Å². The van der Waals surface area contributed by atoms with Crippen molar-refractivity contribution < 1.29 is 0 Å². The zero-order valence-corrected chi connectivity index (χ0v) is 25.9. The molecule has 0 bridgehead atoms. The Morgan fingerprint density at radius 1 is 0.609 bits per heavy atom. The number of benzene rings is 6. The van der Waals surface area contributed by atoms with Crippen LogP contribution in [0.5, 0.6) is 0 Å². The van der Waals surface area contributed by atoms with Gasteiger partial charge in [-0.3, -0.25) is 0 Å². The van der Waals surface area contributed by atoms with Gasteiger partial charge in [0.25, 0.3) is 0 Å². The van der Waals surface area contributed by atoms with Gasteiger partial charge >= 0.3 is 0 Å². The van der Waals surface area contributed by atoms with Crippen molar-refractivity contribution in [2.24, 2.45) is 0 Å². The number of hydrogen-bond acceptors (Lipinski definition) is 1. The molecule has 1 aliphatic heterocycles. The van der Waals surface area contributed by atoms with Crippen molar-refractivity contribution in [2.75, 3.05) is 4.90 Å². The second kappa shape index (κ2) is 11.6. The fourth-order valence-electron chi connectivity index (χ4n) is 6.93. The maximum absolute atomic E-state index is 4.15. The minimum Gasteiger partial charge on any atom is -0.314 e. The van der Waals surface area contributed by atoms with Gasteiger partial charge in [-0.2, -0.15) is 0 Å². The number of rotatable bonds is 6. The van der Waals surface area contributed by atoms with Gasteiger partial charge in [0.1, 0.15) is 0 Å². The fourth-order valence-corrected chi connectivity index (χ4v) is 6.93. The van der Waals surface area contributed by atoms with E-state index in [0.717, 1.165) is 23.4 Å². The molecule has 1 aliphatic rings. The average Bonchev–Trinajstić information content (AvgIpc) is 3.45. The number of hydrogen-bond donors (Lipinski definition) is 0. The summed E-state index contributed by atoms with van der Waals surface area (Å²) in [6.45, 7) is 6.40. The molecule has 0 spiro atoms. The quantitative estimate of drug-likeness (QED) is 0.175. The van der Waals surface area contributed by atoms with Gasteiger partial charge in [-0.05, 0) is 88.9 Å². The molecule has 0 fully saturated rings. The van der Waals surface area contributed by atoms with Crippen molar-refractivity contribution in [2.45, 2.75) is 13.3 Å². The predicted molar refractivity (Wildman–Crippen MR) is 196 cm³/mol. The molecule has 0 aliphatic carbocycles.